The Kier molecular flexibility index (Phi) is 2.17. The van der Waals surface area contributed by atoms with E-state index in [9.17, 15) is 19.2 Å². The van der Waals surface area contributed by atoms with Crippen LogP contribution in [0.15, 0.2) is 0 Å². The van der Waals surface area contributed by atoms with Crippen molar-refractivity contribution in [1.29, 1.82) is 0 Å². The van der Waals surface area contributed by atoms with E-state index in [0.29, 0.717) is 0 Å². The molecule has 4 nitrogen and oxygen atoms in total. The molecule has 64 valence electrons. The molecule has 0 saturated heterocycles. The quantitative estimate of drug-likeness (QED) is 0.398. The van der Waals surface area contributed by atoms with Crippen LogP contribution in [0, 0.1) is 5.92 Å². The summed E-state index contributed by atoms with van der Waals surface area (Å²) < 4.78 is 0. The Balaban J connectivity index is 2.94. The van der Waals surface area contributed by atoms with Gasteiger partial charge >= 0.3 is 0 Å². The molecule has 1 fully saturated rings. The molecule has 0 aromatic carbocycles. The number of carbonyl (C=O) groups is 4. The van der Waals surface area contributed by atoms with Crippen LogP contribution in [0.3, 0.4) is 0 Å². The lowest BCUT2D eigenvalue weighted by atomic mass is 9.83. The number of ketones is 4. The van der Waals surface area contributed by atoms with Crippen LogP contribution in [0.5, 0.6) is 0 Å². The van der Waals surface area contributed by atoms with Crippen LogP contribution in [0.2, 0.25) is 0 Å². The van der Waals surface area contributed by atoms with Gasteiger partial charge in [-0.3, -0.25) is 19.2 Å². The first-order valence-electron chi connectivity index (χ1n) is 3.64. The average Bonchev–Trinajstić information content (AvgIpc) is 1.97. The number of hydrogen-bond acceptors (Lipinski definition) is 4. The minimum absolute atomic E-state index is 0.0226. The number of rotatable bonds is 1. The first kappa shape index (κ1) is 8.77. The Bertz CT molecular complexity index is 277. The van der Waals surface area contributed by atoms with Crippen LogP contribution in [0.25, 0.3) is 0 Å². The summed E-state index contributed by atoms with van der Waals surface area (Å²) in [7, 11) is 0. The van der Waals surface area contributed by atoms with Gasteiger partial charge in [-0.1, -0.05) is 0 Å². The Labute approximate surface area is 68.9 Å². The molecule has 1 aliphatic carbocycles. The molecule has 0 radical (unpaired) electrons. The van der Waals surface area contributed by atoms with E-state index in [-0.39, 0.29) is 12.8 Å². The van der Waals surface area contributed by atoms with Crippen LogP contribution < -0.4 is 0 Å². The largest absolute Gasteiger partial charge is 0.299 e. The van der Waals surface area contributed by atoms with Gasteiger partial charge in [0.05, 0.1) is 0 Å². The highest BCUT2D eigenvalue weighted by Gasteiger charge is 2.38. The SMILES string of the molecule is CC(=O)C1C(=O)CCC(=O)C1=O. The van der Waals surface area contributed by atoms with Gasteiger partial charge in [-0.25, -0.2) is 0 Å². The van der Waals surface area contributed by atoms with Crippen molar-refractivity contribution in [3.05, 3.63) is 0 Å². The van der Waals surface area contributed by atoms with Crippen LogP contribution >= 0.6 is 0 Å². The van der Waals surface area contributed by atoms with Gasteiger partial charge < -0.3 is 0 Å². The molecule has 0 N–H and O–H groups in total. The summed E-state index contributed by atoms with van der Waals surface area (Å²) in [4.78, 5) is 43.6. The van der Waals surface area contributed by atoms with E-state index in [1.54, 1.807) is 0 Å². The number of carbonyl (C=O) groups excluding carboxylic acids is 4. The maximum Gasteiger partial charge on any atom is 0.216 e. The van der Waals surface area contributed by atoms with Crippen LogP contribution in [-0.4, -0.2) is 23.1 Å². The predicted molar refractivity (Wildman–Crippen MR) is 38.4 cm³/mol. The van der Waals surface area contributed by atoms with Gasteiger partial charge in [-0.15, -0.1) is 0 Å². The van der Waals surface area contributed by atoms with Gasteiger partial charge in [0, 0.05) is 12.8 Å². The maximum atomic E-state index is 11.0. The Hall–Kier alpha value is -1.32. The van der Waals surface area contributed by atoms with E-state index in [1.807, 2.05) is 0 Å². The van der Waals surface area contributed by atoms with E-state index in [4.69, 9.17) is 0 Å². The third kappa shape index (κ3) is 1.32. The molecular formula is C8H8O4. The molecule has 1 aliphatic rings. The van der Waals surface area contributed by atoms with Crippen molar-refractivity contribution >= 4 is 23.1 Å². The predicted octanol–water partition coefficient (Wildman–Crippen LogP) is -0.307. The molecule has 0 heterocycles. The molecule has 1 atom stereocenters. The summed E-state index contributed by atoms with van der Waals surface area (Å²) >= 11 is 0. The zero-order valence-corrected chi connectivity index (χ0v) is 6.62. The maximum absolute atomic E-state index is 11.0. The molecular weight excluding hydrogens is 160 g/mol. The molecule has 1 rings (SSSR count). The van der Waals surface area contributed by atoms with Crippen molar-refractivity contribution in [3.63, 3.8) is 0 Å². The standard InChI is InChI=1S/C8H8O4/c1-4(9)7-5(10)2-3-6(11)8(7)12/h7H,2-3H2,1H3. The molecule has 12 heavy (non-hydrogen) atoms. The van der Waals surface area contributed by atoms with E-state index < -0.39 is 29.1 Å². The van der Waals surface area contributed by atoms with Crippen LogP contribution in [-0.2, 0) is 19.2 Å². The summed E-state index contributed by atoms with van der Waals surface area (Å²) in [5.41, 5.74) is 0. The lowest BCUT2D eigenvalue weighted by Crippen LogP contribution is -2.39. The summed E-state index contributed by atoms with van der Waals surface area (Å²) in [6.45, 7) is 1.15. The van der Waals surface area contributed by atoms with Gasteiger partial charge in [0.25, 0.3) is 0 Å². The van der Waals surface area contributed by atoms with Crippen LogP contribution in [0.1, 0.15) is 19.8 Å². The molecule has 1 saturated carbocycles. The zero-order chi connectivity index (χ0) is 9.30. The van der Waals surface area contributed by atoms with Crippen molar-refractivity contribution < 1.29 is 19.2 Å². The first-order chi connectivity index (χ1) is 5.54. The molecule has 0 aromatic rings. The van der Waals surface area contributed by atoms with E-state index in [0.717, 1.165) is 6.92 Å². The third-order valence-electron chi connectivity index (χ3n) is 1.86. The highest BCUT2D eigenvalue weighted by molar-refractivity contribution is 6.48. The molecule has 0 aromatic heterocycles. The second-order valence-electron chi connectivity index (χ2n) is 2.80. The summed E-state index contributed by atoms with van der Waals surface area (Å²) in [5, 5.41) is 0. The van der Waals surface area contributed by atoms with Crippen molar-refractivity contribution in [1.82, 2.24) is 0 Å². The Morgan fingerprint density at radius 1 is 1.25 bits per heavy atom. The number of hydrogen-bond donors (Lipinski definition) is 0. The van der Waals surface area contributed by atoms with Gasteiger partial charge in [0.2, 0.25) is 5.78 Å². The zero-order valence-electron chi connectivity index (χ0n) is 6.62. The van der Waals surface area contributed by atoms with Crippen molar-refractivity contribution in [2.24, 2.45) is 5.92 Å². The van der Waals surface area contributed by atoms with E-state index in [1.165, 1.54) is 0 Å². The molecule has 4 heteroatoms. The van der Waals surface area contributed by atoms with Crippen molar-refractivity contribution in [2.45, 2.75) is 19.8 Å². The Morgan fingerprint density at radius 3 is 2.25 bits per heavy atom. The van der Waals surface area contributed by atoms with Crippen LogP contribution in [0.4, 0.5) is 0 Å². The fourth-order valence-corrected chi connectivity index (χ4v) is 1.22. The van der Waals surface area contributed by atoms with Crippen molar-refractivity contribution in [3.8, 4) is 0 Å². The van der Waals surface area contributed by atoms with Crippen molar-refractivity contribution in [2.75, 3.05) is 0 Å². The fourth-order valence-electron chi connectivity index (χ4n) is 1.22. The molecule has 0 bridgehead atoms. The second kappa shape index (κ2) is 2.97. The smallest absolute Gasteiger partial charge is 0.216 e. The average molecular weight is 168 g/mol. The van der Waals surface area contributed by atoms with Gasteiger partial charge in [-0.2, -0.15) is 0 Å². The normalized spacial score (nSPS) is 24.4. The molecule has 0 amide bonds. The lowest BCUT2D eigenvalue weighted by Gasteiger charge is -2.14. The fraction of sp³-hybridized carbons (Fsp3) is 0.500. The van der Waals surface area contributed by atoms with Gasteiger partial charge in [0.15, 0.2) is 11.6 Å². The van der Waals surface area contributed by atoms with Gasteiger partial charge in [-0.05, 0) is 6.92 Å². The van der Waals surface area contributed by atoms with E-state index >= 15 is 0 Å². The molecule has 0 aliphatic heterocycles. The summed E-state index contributed by atoms with van der Waals surface area (Å²) in [5.74, 6) is -3.69. The third-order valence-corrected chi connectivity index (χ3v) is 1.86. The topological polar surface area (TPSA) is 68.3 Å². The minimum Gasteiger partial charge on any atom is -0.299 e. The monoisotopic (exact) mass is 168 g/mol. The highest BCUT2D eigenvalue weighted by atomic mass is 16.2. The highest BCUT2D eigenvalue weighted by Crippen LogP contribution is 2.15. The summed E-state index contributed by atoms with van der Waals surface area (Å²) in [6, 6.07) is 0. The molecule has 1 unspecified atom stereocenters. The second-order valence-corrected chi connectivity index (χ2v) is 2.80. The Morgan fingerprint density at radius 2 is 1.83 bits per heavy atom. The van der Waals surface area contributed by atoms with E-state index in [2.05, 4.69) is 0 Å². The molecule has 0 spiro atoms. The van der Waals surface area contributed by atoms with Gasteiger partial charge in [0.1, 0.15) is 11.7 Å². The first-order valence-corrected chi connectivity index (χ1v) is 3.64. The minimum atomic E-state index is -1.30. The number of Topliss-reactive ketones (excluding diaryl/α,β-unsaturated/α-hetero) is 4. The lowest BCUT2D eigenvalue weighted by molar-refractivity contribution is -0.149. The summed E-state index contributed by atoms with van der Waals surface area (Å²) in [6.07, 6.45) is -0.0176.